The van der Waals surface area contributed by atoms with Crippen LogP contribution in [-0.2, 0) is 0 Å². The van der Waals surface area contributed by atoms with Crippen molar-refractivity contribution in [2.24, 2.45) is 0 Å². The van der Waals surface area contributed by atoms with Crippen LogP contribution in [0.2, 0.25) is 0 Å². The number of rotatable bonds is 5. The van der Waals surface area contributed by atoms with Crippen molar-refractivity contribution in [2.75, 3.05) is 33.2 Å². The molecule has 1 N–H and O–H groups in total. The van der Waals surface area contributed by atoms with Gasteiger partial charge in [-0.3, -0.25) is 15.0 Å². The smallest absolute Gasteiger partial charge is 0.131 e. The van der Waals surface area contributed by atoms with Gasteiger partial charge in [0.15, 0.2) is 0 Å². The summed E-state index contributed by atoms with van der Waals surface area (Å²) in [5.41, 5.74) is 5.74. The molecule has 6 heteroatoms. The third-order valence-corrected chi connectivity index (χ3v) is 6.25. The van der Waals surface area contributed by atoms with Crippen LogP contribution in [0.15, 0.2) is 79.4 Å². The predicted octanol–water partition coefficient (Wildman–Crippen LogP) is 4.61. The molecule has 1 atom stereocenters. The normalized spacial score (nSPS) is 16.2. The summed E-state index contributed by atoms with van der Waals surface area (Å²) in [5, 5.41) is 7.18. The number of pyridine rings is 1. The molecule has 1 aliphatic heterocycles. The number of aromatic nitrogens is 3. The SMILES string of the molecule is CN1CCN(C(c2cn[nH]c2)c2ccc(-c3ccncc3)c(-c3ccccc3F)c2)CC1. The molecule has 2 aromatic heterocycles. The minimum atomic E-state index is -0.223. The first-order valence-corrected chi connectivity index (χ1v) is 10.9. The van der Waals surface area contributed by atoms with Crippen molar-refractivity contribution in [1.82, 2.24) is 25.0 Å². The largest absolute Gasteiger partial charge is 0.304 e. The van der Waals surface area contributed by atoms with Gasteiger partial charge in [0.1, 0.15) is 5.82 Å². The van der Waals surface area contributed by atoms with Gasteiger partial charge in [-0.1, -0.05) is 30.3 Å². The molecule has 0 radical (unpaired) electrons. The lowest BCUT2D eigenvalue weighted by molar-refractivity contribution is 0.127. The van der Waals surface area contributed by atoms with Gasteiger partial charge in [0.05, 0.1) is 12.2 Å². The molecular weight excluding hydrogens is 401 g/mol. The number of nitrogens with zero attached hydrogens (tertiary/aromatic N) is 4. The van der Waals surface area contributed by atoms with E-state index in [9.17, 15) is 4.39 Å². The number of hydrogen-bond acceptors (Lipinski definition) is 4. The predicted molar refractivity (Wildman–Crippen MR) is 125 cm³/mol. The second-order valence-electron chi connectivity index (χ2n) is 8.29. The first kappa shape index (κ1) is 20.5. The lowest BCUT2D eigenvalue weighted by Crippen LogP contribution is -2.46. The summed E-state index contributed by atoms with van der Waals surface area (Å²) < 4.78 is 14.9. The number of aromatic amines is 1. The van der Waals surface area contributed by atoms with Gasteiger partial charge in [-0.2, -0.15) is 5.10 Å². The average molecular weight is 428 g/mol. The molecule has 1 saturated heterocycles. The van der Waals surface area contributed by atoms with Gasteiger partial charge in [0, 0.05) is 55.9 Å². The fourth-order valence-electron chi connectivity index (χ4n) is 4.52. The van der Waals surface area contributed by atoms with Gasteiger partial charge in [-0.15, -0.1) is 0 Å². The highest BCUT2D eigenvalue weighted by molar-refractivity contribution is 5.84. The maximum atomic E-state index is 14.9. The van der Waals surface area contributed by atoms with Crippen molar-refractivity contribution >= 4 is 0 Å². The average Bonchev–Trinajstić information content (AvgIpc) is 3.36. The number of benzene rings is 2. The summed E-state index contributed by atoms with van der Waals surface area (Å²) in [5.74, 6) is -0.223. The lowest BCUT2D eigenvalue weighted by Gasteiger charge is -2.38. The maximum Gasteiger partial charge on any atom is 0.131 e. The van der Waals surface area contributed by atoms with E-state index in [4.69, 9.17) is 0 Å². The highest BCUT2D eigenvalue weighted by Gasteiger charge is 2.27. The maximum absolute atomic E-state index is 14.9. The molecule has 5 nitrogen and oxygen atoms in total. The van der Waals surface area contributed by atoms with Crippen molar-refractivity contribution in [2.45, 2.75) is 6.04 Å². The van der Waals surface area contributed by atoms with Crippen LogP contribution in [0.1, 0.15) is 17.2 Å². The zero-order valence-electron chi connectivity index (χ0n) is 18.1. The minimum absolute atomic E-state index is 0.0551. The number of hydrogen-bond donors (Lipinski definition) is 1. The van der Waals surface area contributed by atoms with E-state index in [0.717, 1.165) is 54.0 Å². The second-order valence-corrected chi connectivity index (χ2v) is 8.29. The van der Waals surface area contributed by atoms with Crippen LogP contribution < -0.4 is 0 Å². The van der Waals surface area contributed by atoms with E-state index in [2.05, 4.69) is 50.2 Å². The Hall–Kier alpha value is -3.35. The van der Waals surface area contributed by atoms with E-state index in [1.807, 2.05) is 36.7 Å². The van der Waals surface area contributed by atoms with Crippen LogP contribution in [0.25, 0.3) is 22.3 Å². The molecular formula is C26H26FN5. The van der Waals surface area contributed by atoms with E-state index >= 15 is 0 Å². The molecule has 1 fully saturated rings. The molecule has 162 valence electrons. The standard InChI is InChI=1S/C26H26FN5/c1-31-12-14-32(15-13-31)26(21-17-29-30-18-21)20-6-7-22(19-8-10-28-11-9-19)24(16-20)23-4-2-3-5-25(23)27/h2-11,16-18,26H,12-15H2,1H3,(H,29,30). The summed E-state index contributed by atoms with van der Waals surface area (Å²) in [4.78, 5) is 8.97. The van der Waals surface area contributed by atoms with Crippen molar-refractivity contribution in [1.29, 1.82) is 0 Å². The molecule has 4 aromatic rings. The molecule has 0 amide bonds. The number of halogens is 1. The third-order valence-electron chi connectivity index (χ3n) is 6.25. The Kier molecular flexibility index (Phi) is 5.79. The Labute approximate surface area is 187 Å². The summed E-state index contributed by atoms with van der Waals surface area (Å²) in [6.45, 7) is 3.97. The van der Waals surface area contributed by atoms with E-state index in [0.29, 0.717) is 5.56 Å². The lowest BCUT2D eigenvalue weighted by atomic mass is 9.89. The zero-order chi connectivity index (χ0) is 21.9. The fraction of sp³-hybridized carbons (Fsp3) is 0.231. The number of H-pyrrole nitrogens is 1. The quantitative estimate of drug-likeness (QED) is 0.505. The molecule has 0 aliphatic carbocycles. The summed E-state index contributed by atoms with van der Waals surface area (Å²) in [7, 11) is 2.16. The monoisotopic (exact) mass is 427 g/mol. The van der Waals surface area contributed by atoms with E-state index in [1.54, 1.807) is 18.5 Å². The number of likely N-dealkylation sites (N-methyl/N-ethyl adjacent to an activating group) is 1. The second kappa shape index (κ2) is 9.02. The Morgan fingerprint density at radius 1 is 0.875 bits per heavy atom. The molecule has 32 heavy (non-hydrogen) atoms. The number of piperazine rings is 1. The van der Waals surface area contributed by atoms with Crippen LogP contribution >= 0.6 is 0 Å². The summed E-state index contributed by atoms with van der Waals surface area (Å²) in [6, 6.07) is 17.4. The minimum Gasteiger partial charge on any atom is -0.304 e. The molecule has 3 heterocycles. The van der Waals surface area contributed by atoms with Crippen LogP contribution in [0.5, 0.6) is 0 Å². The highest BCUT2D eigenvalue weighted by atomic mass is 19.1. The molecule has 2 aromatic carbocycles. The summed E-state index contributed by atoms with van der Waals surface area (Å²) in [6.07, 6.45) is 7.39. The molecule has 0 spiro atoms. The van der Waals surface area contributed by atoms with E-state index < -0.39 is 0 Å². The highest BCUT2D eigenvalue weighted by Crippen LogP contribution is 2.38. The van der Waals surface area contributed by atoms with Gasteiger partial charge >= 0.3 is 0 Å². The van der Waals surface area contributed by atoms with Crippen molar-refractivity contribution < 1.29 is 4.39 Å². The van der Waals surface area contributed by atoms with Crippen LogP contribution in [-0.4, -0.2) is 58.2 Å². The Morgan fingerprint density at radius 3 is 2.38 bits per heavy atom. The third kappa shape index (κ3) is 4.07. The van der Waals surface area contributed by atoms with Gasteiger partial charge in [0.25, 0.3) is 0 Å². The first-order chi connectivity index (χ1) is 15.7. The van der Waals surface area contributed by atoms with Crippen molar-refractivity contribution in [3.63, 3.8) is 0 Å². The van der Waals surface area contributed by atoms with Gasteiger partial charge in [0.2, 0.25) is 0 Å². The van der Waals surface area contributed by atoms with E-state index in [1.165, 1.54) is 6.07 Å². The van der Waals surface area contributed by atoms with Crippen LogP contribution in [0.4, 0.5) is 4.39 Å². The fourth-order valence-corrected chi connectivity index (χ4v) is 4.52. The van der Waals surface area contributed by atoms with E-state index in [-0.39, 0.29) is 11.9 Å². The number of nitrogens with one attached hydrogen (secondary N) is 1. The van der Waals surface area contributed by atoms with Gasteiger partial charge in [-0.25, -0.2) is 4.39 Å². The zero-order valence-corrected chi connectivity index (χ0v) is 18.1. The molecule has 0 saturated carbocycles. The van der Waals surface area contributed by atoms with Crippen LogP contribution in [0.3, 0.4) is 0 Å². The van der Waals surface area contributed by atoms with Gasteiger partial charge < -0.3 is 4.90 Å². The molecule has 1 aliphatic rings. The van der Waals surface area contributed by atoms with Crippen LogP contribution in [0, 0.1) is 5.82 Å². The topological polar surface area (TPSA) is 48.0 Å². The van der Waals surface area contributed by atoms with Gasteiger partial charge in [-0.05, 0) is 53.6 Å². The Morgan fingerprint density at radius 2 is 1.66 bits per heavy atom. The Balaban J connectivity index is 1.65. The molecule has 0 bridgehead atoms. The first-order valence-electron chi connectivity index (χ1n) is 10.9. The van der Waals surface area contributed by atoms with Crippen molar-refractivity contribution in [3.8, 4) is 22.3 Å². The Bertz CT molecular complexity index is 1170. The van der Waals surface area contributed by atoms with Crippen molar-refractivity contribution in [3.05, 3.63) is 96.3 Å². The summed E-state index contributed by atoms with van der Waals surface area (Å²) >= 11 is 0. The molecule has 1 unspecified atom stereocenters. The molecule has 5 rings (SSSR count).